The van der Waals surface area contributed by atoms with E-state index in [0.29, 0.717) is 10.0 Å². The fourth-order valence-electron chi connectivity index (χ4n) is 2.41. The zero-order chi connectivity index (χ0) is 12.4. The SMILES string of the molecule is CC1CCC(C(=O)c2ccc(Br)c(F)c2)CC1. The van der Waals surface area contributed by atoms with E-state index in [9.17, 15) is 9.18 Å². The Morgan fingerprint density at radius 2 is 1.94 bits per heavy atom. The van der Waals surface area contributed by atoms with Crippen LogP contribution >= 0.6 is 15.9 Å². The standard InChI is InChI=1S/C14H16BrFO/c1-9-2-4-10(5-3-9)14(17)11-6-7-12(15)13(16)8-11/h6-10H,2-5H2,1H3. The predicted molar refractivity (Wildman–Crippen MR) is 69.6 cm³/mol. The number of benzene rings is 1. The lowest BCUT2D eigenvalue weighted by molar-refractivity contribution is 0.0875. The van der Waals surface area contributed by atoms with Gasteiger partial charge in [-0.15, -0.1) is 0 Å². The fraction of sp³-hybridized carbons (Fsp3) is 0.500. The van der Waals surface area contributed by atoms with E-state index in [0.717, 1.165) is 31.6 Å². The van der Waals surface area contributed by atoms with E-state index in [1.807, 2.05) is 0 Å². The van der Waals surface area contributed by atoms with E-state index in [-0.39, 0.29) is 17.5 Å². The lowest BCUT2D eigenvalue weighted by Gasteiger charge is -2.25. The predicted octanol–water partition coefficient (Wildman–Crippen LogP) is 4.60. The van der Waals surface area contributed by atoms with Gasteiger partial charge in [-0.1, -0.05) is 25.8 Å². The van der Waals surface area contributed by atoms with Crippen molar-refractivity contribution in [3.8, 4) is 0 Å². The third-order valence-corrected chi connectivity index (χ3v) is 4.23. The van der Waals surface area contributed by atoms with Gasteiger partial charge < -0.3 is 0 Å². The molecule has 1 aliphatic rings. The highest BCUT2D eigenvalue weighted by Gasteiger charge is 2.25. The van der Waals surface area contributed by atoms with Crippen LogP contribution in [0.5, 0.6) is 0 Å². The maximum absolute atomic E-state index is 13.4. The molecule has 0 amide bonds. The normalized spacial score (nSPS) is 24.6. The van der Waals surface area contributed by atoms with Crippen molar-refractivity contribution in [1.82, 2.24) is 0 Å². The summed E-state index contributed by atoms with van der Waals surface area (Å²) in [6.45, 7) is 2.22. The van der Waals surface area contributed by atoms with Crippen molar-refractivity contribution in [3.63, 3.8) is 0 Å². The Hall–Kier alpha value is -0.700. The molecule has 3 heteroatoms. The summed E-state index contributed by atoms with van der Waals surface area (Å²) in [6, 6.07) is 4.64. The molecule has 0 radical (unpaired) electrons. The summed E-state index contributed by atoms with van der Waals surface area (Å²) in [7, 11) is 0. The van der Waals surface area contributed by atoms with Gasteiger partial charge in [0.05, 0.1) is 4.47 Å². The van der Waals surface area contributed by atoms with Crippen molar-refractivity contribution < 1.29 is 9.18 Å². The van der Waals surface area contributed by atoms with Crippen LogP contribution < -0.4 is 0 Å². The number of Topliss-reactive ketones (excluding diaryl/α,β-unsaturated/α-hetero) is 1. The summed E-state index contributed by atoms with van der Waals surface area (Å²) in [6.07, 6.45) is 4.10. The summed E-state index contributed by atoms with van der Waals surface area (Å²) < 4.78 is 13.8. The second-order valence-corrected chi connectivity index (χ2v) is 5.80. The van der Waals surface area contributed by atoms with Gasteiger partial charge in [0.15, 0.2) is 5.78 Å². The van der Waals surface area contributed by atoms with Crippen molar-refractivity contribution in [2.45, 2.75) is 32.6 Å². The Bertz CT molecular complexity index is 422. The average molecular weight is 299 g/mol. The molecule has 0 N–H and O–H groups in total. The molecule has 1 nitrogen and oxygen atoms in total. The lowest BCUT2D eigenvalue weighted by atomic mass is 9.79. The van der Waals surface area contributed by atoms with Gasteiger partial charge in [-0.05, 0) is 46.8 Å². The maximum atomic E-state index is 13.4. The van der Waals surface area contributed by atoms with E-state index in [4.69, 9.17) is 0 Å². The zero-order valence-corrected chi connectivity index (χ0v) is 11.5. The summed E-state index contributed by atoms with van der Waals surface area (Å²) in [5.41, 5.74) is 0.505. The van der Waals surface area contributed by atoms with Gasteiger partial charge in [0.25, 0.3) is 0 Å². The van der Waals surface area contributed by atoms with Crippen molar-refractivity contribution in [3.05, 3.63) is 34.1 Å². The molecule has 0 unspecified atom stereocenters. The summed E-state index contributed by atoms with van der Waals surface area (Å²) in [5, 5.41) is 0. The number of hydrogen-bond acceptors (Lipinski definition) is 1. The molecule has 1 aromatic rings. The van der Waals surface area contributed by atoms with E-state index in [2.05, 4.69) is 22.9 Å². The van der Waals surface area contributed by atoms with Gasteiger partial charge in [-0.3, -0.25) is 4.79 Å². The molecule has 1 aliphatic carbocycles. The Balaban J connectivity index is 2.11. The molecule has 1 fully saturated rings. The molecule has 0 aliphatic heterocycles. The van der Waals surface area contributed by atoms with Crippen molar-refractivity contribution in [2.24, 2.45) is 11.8 Å². The van der Waals surface area contributed by atoms with Crippen LogP contribution in [0.2, 0.25) is 0 Å². The zero-order valence-electron chi connectivity index (χ0n) is 9.88. The van der Waals surface area contributed by atoms with E-state index >= 15 is 0 Å². The molecule has 0 spiro atoms. The molecule has 1 aromatic carbocycles. The topological polar surface area (TPSA) is 17.1 Å². The number of carbonyl (C=O) groups excluding carboxylic acids is 1. The molecule has 0 atom stereocenters. The molecule has 0 bridgehead atoms. The monoisotopic (exact) mass is 298 g/mol. The maximum Gasteiger partial charge on any atom is 0.166 e. The van der Waals surface area contributed by atoms with Crippen molar-refractivity contribution in [1.29, 1.82) is 0 Å². The van der Waals surface area contributed by atoms with Gasteiger partial charge >= 0.3 is 0 Å². The van der Waals surface area contributed by atoms with E-state index in [1.165, 1.54) is 6.07 Å². The molecule has 0 saturated heterocycles. The molecule has 17 heavy (non-hydrogen) atoms. The first kappa shape index (κ1) is 12.7. The van der Waals surface area contributed by atoms with Gasteiger partial charge in [0, 0.05) is 11.5 Å². The molecular formula is C14H16BrFO. The second kappa shape index (κ2) is 5.30. The third kappa shape index (κ3) is 2.95. The lowest BCUT2D eigenvalue weighted by Crippen LogP contribution is -2.21. The third-order valence-electron chi connectivity index (χ3n) is 3.59. The number of ketones is 1. The summed E-state index contributed by atoms with van der Waals surface area (Å²) in [4.78, 5) is 12.2. The van der Waals surface area contributed by atoms with E-state index < -0.39 is 0 Å². The number of carbonyl (C=O) groups is 1. The Kier molecular flexibility index (Phi) is 3.97. The Morgan fingerprint density at radius 3 is 2.53 bits per heavy atom. The largest absolute Gasteiger partial charge is 0.294 e. The van der Waals surface area contributed by atoms with Crippen LogP contribution in [-0.4, -0.2) is 5.78 Å². The number of rotatable bonds is 2. The van der Waals surface area contributed by atoms with Gasteiger partial charge in [-0.2, -0.15) is 0 Å². The second-order valence-electron chi connectivity index (χ2n) is 4.95. The summed E-state index contributed by atoms with van der Waals surface area (Å²) >= 11 is 3.10. The molecule has 92 valence electrons. The number of halogens is 2. The average Bonchev–Trinajstić information content (AvgIpc) is 2.33. The Labute approximate surface area is 110 Å². The number of hydrogen-bond donors (Lipinski definition) is 0. The molecular weight excluding hydrogens is 283 g/mol. The minimum absolute atomic E-state index is 0.0896. The summed E-state index contributed by atoms with van der Waals surface area (Å²) in [5.74, 6) is 0.552. The van der Waals surface area contributed by atoms with Crippen LogP contribution in [0.4, 0.5) is 4.39 Å². The van der Waals surface area contributed by atoms with Crippen LogP contribution in [0.15, 0.2) is 22.7 Å². The highest BCUT2D eigenvalue weighted by Crippen LogP contribution is 2.31. The first-order valence-electron chi connectivity index (χ1n) is 6.07. The molecule has 0 heterocycles. The van der Waals surface area contributed by atoms with Crippen LogP contribution in [0.3, 0.4) is 0 Å². The molecule has 1 saturated carbocycles. The molecule has 2 rings (SSSR count). The van der Waals surface area contributed by atoms with Crippen LogP contribution in [0.1, 0.15) is 43.0 Å². The van der Waals surface area contributed by atoms with Gasteiger partial charge in [0.1, 0.15) is 5.82 Å². The first-order chi connectivity index (χ1) is 8.08. The van der Waals surface area contributed by atoms with Gasteiger partial charge in [-0.25, -0.2) is 4.39 Å². The Morgan fingerprint density at radius 1 is 1.29 bits per heavy atom. The van der Waals surface area contributed by atoms with Gasteiger partial charge in [0.2, 0.25) is 0 Å². The highest BCUT2D eigenvalue weighted by atomic mass is 79.9. The smallest absolute Gasteiger partial charge is 0.166 e. The first-order valence-corrected chi connectivity index (χ1v) is 6.86. The highest BCUT2D eigenvalue weighted by molar-refractivity contribution is 9.10. The van der Waals surface area contributed by atoms with Crippen LogP contribution in [0, 0.1) is 17.7 Å². The minimum atomic E-state index is -0.361. The minimum Gasteiger partial charge on any atom is -0.294 e. The van der Waals surface area contributed by atoms with Crippen LogP contribution in [0.25, 0.3) is 0 Å². The molecule has 0 aromatic heterocycles. The fourth-order valence-corrected chi connectivity index (χ4v) is 2.65. The van der Waals surface area contributed by atoms with Crippen molar-refractivity contribution in [2.75, 3.05) is 0 Å². The van der Waals surface area contributed by atoms with Crippen molar-refractivity contribution >= 4 is 21.7 Å². The van der Waals surface area contributed by atoms with Crippen LogP contribution in [-0.2, 0) is 0 Å². The quantitative estimate of drug-likeness (QED) is 0.730. The van der Waals surface area contributed by atoms with E-state index in [1.54, 1.807) is 12.1 Å².